The Kier molecular flexibility index (Phi) is 4.00. The average Bonchev–Trinajstić information content (AvgIpc) is 3.08. The number of fused-ring (bicyclic) bond motifs is 3. The van der Waals surface area contributed by atoms with Gasteiger partial charge in [-0.25, -0.2) is 4.39 Å². The molecule has 3 aliphatic heterocycles. The van der Waals surface area contributed by atoms with Gasteiger partial charge in [0.1, 0.15) is 11.6 Å². The van der Waals surface area contributed by atoms with E-state index < -0.39 is 5.82 Å². The fourth-order valence-electron chi connectivity index (χ4n) is 4.10. The summed E-state index contributed by atoms with van der Waals surface area (Å²) in [6.45, 7) is 4.38. The van der Waals surface area contributed by atoms with E-state index in [9.17, 15) is 9.18 Å². The number of nitrogens with zero attached hydrogens (tertiary/aromatic N) is 1. The second-order valence-electron chi connectivity index (χ2n) is 7.02. The van der Waals surface area contributed by atoms with Crippen LogP contribution in [0.4, 0.5) is 10.1 Å². The van der Waals surface area contributed by atoms with E-state index in [-0.39, 0.29) is 17.7 Å². The number of anilines is 1. The fourth-order valence-corrected chi connectivity index (χ4v) is 4.10. The Labute approximate surface area is 146 Å². The van der Waals surface area contributed by atoms with Crippen molar-refractivity contribution < 1.29 is 13.6 Å². The summed E-state index contributed by atoms with van der Waals surface area (Å²) in [6.07, 6.45) is 2.24. The second kappa shape index (κ2) is 6.19. The van der Waals surface area contributed by atoms with Crippen LogP contribution in [0.5, 0.6) is 0 Å². The fraction of sp³-hybridized carbons (Fsp3) is 0.421. The van der Waals surface area contributed by atoms with E-state index in [1.165, 1.54) is 6.07 Å². The van der Waals surface area contributed by atoms with Gasteiger partial charge in [0.05, 0.1) is 5.56 Å². The predicted molar refractivity (Wildman–Crippen MR) is 93.5 cm³/mol. The molecule has 2 aromatic rings. The number of hydrogen-bond donors (Lipinski definition) is 2. The van der Waals surface area contributed by atoms with Crippen LogP contribution in [-0.2, 0) is 0 Å². The highest BCUT2D eigenvalue weighted by Crippen LogP contribution is 2.32. The zero-order chi connectivity index (χ0) is 17.6. The second-order valence-corrected chi connectivity index (χ2v) is 7.02. The number of nitrogens with two attached hydrogens (primary N) is 1. The van der Waals surface area contributed by atoms with Gasteiger partial charge in [-0.15, -0.1) is 0 Å². The van der Waals surface area contributed by atoms with Crippen molar-refractivity contribution in [3.63, 3.8) is 0 Å². The van der Waals surface area contributed by atoms with Crippen molar-refractivity contribution in [2.45, 2.75) is 31.8 Å². The molecule has 3 aliphatic rings. The molecule has 3 N–H and O–H groups in total. The Balaban J connectivity index is 1.51. The van der Waals surface area contributed by atoms with Gasteiger partial charge in [0.25, 0.3) is 5.91 Å². The lowest BCUT2D eigenvalue weighted by Gasteiger charge is -2.49. The van der Waals surface area contributed by atoms with Gasteiger partial charge in [-0.2, -0.15) is 0 Å². The van der Waals surface area contributed by atoms with Crippen molar-refractivity contribution in [2.24, 2.45) is 5.92 Å². The van der Waals surface area contributed by atoms with Gasteiger partial charge in [0.15, 0.2) is 5.76 Å². The normalized spacial score (nSPS) is 28.1. The molecule has 0 saturated carbocycles. The van der Waals surface area contributed by atoms with Crippen LogP contribution < -0.4 is 11.1 Å². The van der Waals surface area contributed by atoms with Gasteiger partial charge in [-0.3, -0.25) is 9.69 Å². The molecule has 1 amide bonds. The van der Waals surface area contributed by atoms with Gasteiger partial charge in [0, 0.05) is 17.8 Å². The number of carbonyl (C=O) groups excluding carboxylic acids is 1. The first kappa shape index (κ1) is 16.1. The summed E-state index contributed by atoms with van der Waals surface area (Å²) in [5.41, 5.74) is 6.21. The minimum atomic E-state index is -0.465. The molecule has 1 aromatic carbocycles. The quantitative estimate of drug-likeness (QED) is 0.841. The van der Waals surface area contributed by atoms with E-state index in [0.29, 0.717) is 29.0 Å². The number of nitrogens with one attached hydrogen (secondary N) is 1. The lowest BCUT2D eigenvalue weighted by molar-refractivity contribution is 0.0211. The molecule has 0 aliphatic carbocycles. The van der Waals surface area contributed by atoms with Gasteiger partial charge < -0.3 is 15.5 Å². The van der Waals surface area contributed by atoms with E-state index in [4.69, 9.17) is 10.2 Å². The predicted octanol–water partition coefficient (Wildman–Crippen LogP) is 2.88. The molecule has 6 heteroatoms. The molecule has 0 radical (unpaired) electrons. The molecule has 132 valence electrons. The summed E-state index contributed by atoms with van der Waals surface area (Å²) >= 11 is 0. The highest BCUT2D eigenvalue weighted by molar-refractivity contribution is 5.92. The molecule has 2 atom stereocenters. The Hall–Kier alpha value is -2.34. The number of piperidine rings is 3. The van der Waals surface area contributed by atoms with E-state index in [1.54, 1.807) is 24.3 Å². The first-order chi connectivity index (χ1) is 12.0. The third kappa shape index (κ3) is 2.91. The highest BCUT2D eigenvalue weighted by atomic mass is 19.1. The molecule has 4 heterocycles. The van der Waals surface area contributed by atoms with Crippen LogP contribution in [-0.4, -0.2) is 36.0 Å². The zero-order valence-corrected chi connectivity index (χ0v) is 14.2. The summed E-state index contributed by atoms with van der Waals surface area (Å²) < 4.78 is 19.6. The van der Waals surface area contributed by atoms with Crippen molar-refractivity contribution in [3.8, 4) is 11.3 Å². The average molecular weight is 343 g/mol. The molecule has 2 unspecified atom stereocenters. The van der Waals surface area contributed by atoms with Crippen molar-refractivity contribution in [1.29, 1.82) is 0 Å². The molecule has 5 nitrogen and oxygen atoms in total. The SMILES string of the molecule is CC1C(NC(=O)c2ccc(-c3ccc(N)cc3F)o2)C2CCN1CC2. The van der Waals surface area contributed by atoms with Gasteiger partial charge in [0.2, 0.25) is 0 Å². The maximum Gasteiger partial charge on any atom is 0.287 e. The van der Waals surface area contributed by atoms with Crippen LogP contribution in [0.3, 0.4) is 0 Å². The van der Waals surface area contributed by atoms with Crippen LogP contribution in [0, 0.1) is 11.7 Å². The lowest BCUT2D eigenvalue weighted by Crippen LogP contribution is -2.62. The maximum absolute atomic E-state index is 14.0. The first-order valence-electron chi connectivity index (χ1n) is 8.73. The Morgan fingerprint density at radius 1 is 1.28 bits per heavy atom. The first-order valence-corrected chi connectivity index (χ1v) is 8.73. The summed E-state index contributed by atoms with van der Waals surface area (Å²) in [7, 11) is 0. The molecule has 2 bridgehead atoms. The molecule has 3 fully saturated rings. The Morgan fingerprint density at radius 2 is 2.04 bits per heavy atom. The number of carbonyl (C=O) groups is 1. The third-order valence-corrected chi connectivity index (χ3v) is 5.56. The number of halogens is 1. The van der Waals surface area contributed by atoms with Crippen LogP contribution in [0.2, 0.25) is 0 Å². The molecular weight excluding hydrogens is 321 g/mol. The minimum Gasteiger partial charge on any atom is -0.451 e. The Morgan fingerprint density at radius 3 is 2.72 bits per heavy atom. The van der Waals surface area contributed by atoms with Crippen molar-refractivity contribution in [3.05, 3.63) is 41.9 Å². The van der Waals surface area contributed by atoms with Gasteiger partial charge in [-0.05, 0) is 69.1 Å². The number of benzene rings is 1. The number of furan rings is 1. The topological polar surface area (TPSA) is 71.5 Å². The van der Waals surface area contributed by atoms with Crippen LogP contribution in [0.1, 0.15) is 30.3 Å². The third-order valence-electron chi connectivity index (χ3n) is 5.56. The molecule has 1 aromatic heterocycles. The number of hydrogen-bond acceptors (Lipinski definition) is 4. The smallest absolute Gasteiger partial charge is 0.287 e. The van der Waals surface area contributed by atoms with Crippen LogP contribution >= 0.6 is 0 Å². The Bertz CT molecular complexity index is 794. The van der Waals surface area contributed by atoms with Gasteiger partial charge >= 0.3 is 0 Å². The van der Waals surface area contributed by atoms with E-state index in [1.807, 2.05) is 0 Å². The van der Waals surface area contributed by atoms with Gasteiger partial charge in [-0.1, -0.05) is 0 Å². The molecule has 3 saturated heterocycles. The standard InChI is InChI=1S/C19H22FN3O2/c1-11-18(12-6-8-23(11)9-7-12)22-19(24)17-5-4-16(25-17)14-3-2-13(21)10-15(14)20/h2-5,10-12,18H,6-9,21H2,1H3,(H,22,24). The van der Waals surface area contributed by atoms with Crippen LogP contribution in [0.25, 0.3) is 11.3 Å². The summed E-state index contributed by atoms with van der Waals surface area (Å²) in [5, 5.41) is 3.12. The minimum absolute atomic E-state index is 0.136. The molecule has 0 spiro atoms. The largest absolute Gasteiger partial charge is 0.451 e. The number of nitrogen functional groups attached to an aromatic ring is 1. The highest BCUT2D eigenvalue weighted by Gasteiger charge is 2.40. The van der Waals surface area contributed by atoms with E-state index in [0.717, 1.165) is 25.9 Å². The van der Waals surface area contributed by atoms with Crippen molar-refractivity contribution in [2.75, 3.05) is 18.8 Å². The van der Waals surface area contributed by atoms with E-state index >= 15 is 0 Å². The van der Waals surface area contributed by atoms with E-state index in [2.05, 4.69) is 17.1 Å². The summed E-state index contributed by atoms with van der Waals surface area (Å²) in [6, 6.07) is 8.08. The summed E-state index contributed by atoms with van der Waals surface area (Å²) in [5.74, 6) is 0.340. The van der Waals surface area contributed by atoms with Crippen LogP contribution in [0.15, 0.2) is 34.7 Å². The molecule has 5 rings (SSSR count). The van der Waals surface area contributed by atoms with Crippen molar-refractivity contribution in [1.82, 2.24) is 10.2 Å². The number of amides is 1. The maximum atomic E-state index is 14.0. The van der Waals surface area contributed by atoms with Crippen molar-refractivity contribution >= 4 is 11.6 Å². The molecule has 25 heavy (non-hydrogen) atoms. The molecular formula is C19H22FN3O2. The monoisotopic (exact) mass is 343 g/mol. The number of rotatable bonds is 3. The lowest BCUT2D eigenvalue weighted by atomic mass is 9.79. The zero-order valence-electron chi connectivity index (χ0n) is 14.2. The summed E-state index contributed by atoms with van der Waals surface area (Å²) in [4.78, 5) is 15.0.